The van der Waals surface area contributed by atoms with Crippen molar-refractivity contribution in [1.82, 2.24) is 15.5 Å². The summed E-state index contributed by atoms with van der Waals surface area (Å²) in [5.41, 5.74) is 2.21. The van der Waals surface area contributed by atoms with Crippen LogP contribution in [0, 0.1) is 0 Å². The van der Waals surface area contributed by atoms with E-state index in [2.05, 4.69) is 27.6 Å². The molecular weight excluding hydrogens is 266 g/mol. The zero-order chi connectivity index (χ0) is 12.2. The van der Waals surface area contributed by atoms with Gasteiger partial charge in [0, 0.05) is 24.6 Å². The number of aromatic nitrogens is 2. The second-order valence-corrected chi connectivity index (χ2v) is 4.34. The molecule has 1 aromatic carbocycles. The van der Waals surface area contributed by atoms with Gasteiger partial charge < -0.3 is 14.6 Å². The largest absolute Gasteiger partial charge is 0.379 e. The molecule has 102 valence electrons. The van der Waals surface area contributed by atoms with E-state index in [0.717, 1.165) is 31.9 Å². The maximum Gasteiger partial charge on any atom is 0.257 e. The van der Waals surface area contributed by atoms with E-state index in [0.29, 0.717) is 11.8 Å². The Hall–Kier alpha value is -1.43. The molecule has 0 bridgehead atoms. The Bertz CT molecular complexity index is 479. The predicted molar refractivity (Wildman–Crippen MR) is 73.4 cm³/mol. The van der Waals surface area contributed by atoms with Crippen LogP contribution >= 0.6 is 12.4 Å². The van der Waals surface area contributed by atoms with E-state index in [1.807, 2.05) is 12.1 Å². The average Bonchev–Trinajstić information content (AvgIpc) is 2.82. The fourth-order valence-corrected chi connectivity index (χ4v) is 2.12. The molecule has 0 radical (unpaired) electrons. The van der Waals surface area contributed by atoms with Crippen molar-refractivity contribution in [3.8, 4) is 11.5 Å². The highest BCUT2D eigenvalue weighted by Crippen LogP contribution is 2.21. The second-order valence-electron chi connectivity index (χ2n) is 4.34. The van der Waals surface area contributed by atoms with Gasteiger partial charge in [-0.3, -0.25) is 0 Å². The first-order chi connectivity index (χ1) is 8.93. The molecule has 0 amide bonds. The lowest BCUT2D eigenvalue weighted by Crippen LogP contribution is -2.21. The Labute approximate surface area is 117 Å². The lowest BCUT2D eigenvalue weighted by Gasteiger charge is -2.14. The zero-order valence-electron chi connectivity index (χ0n) is 10.4. The first-order valence-corrected chi connectivity index (χ1v) is 6.09. The highest BCUT2D eigenvalue weighted by molar-refractivity contribution is 5.85. The second kappa shape index (κ2) is 6.65. The summed E-state index contributed by atoms with van der Waals surface area (Å²) in [6.45, 7) is 3.44. The van der Waals surface area contributed by atoms with E-state index >= 15 is 0 Å². The van der Waals surface area contributed by atoms with Crippen LogP contribution in [0.15, 0.2) is 35.1 Å². The molecule has 1 unspecified atom stereocenters. The highest BCUT2D eigenvalue weighted by atomic mass is 35.5. The Morgan fingerprint density at radius 1 is 1.21 bits per heavy atom. The molecule has 5 nitrogen and oxygen atoms in total. The van der Waals surface area contributed by atoms with Crippen LogP contribution in [-0.2, 0) is 4.74 Å². The van der Waals surface area contributed by atoms with Gasteiger partial charge in [0.2, 0.25) is 0 Å². The van der Waals surface area contributed by atoms with Crippen LogP contribution in [-0.4, -0.2) is 36.4 Å². The van der Waals surface area contributed by atoms with Crippen LogP contribution in [0.25, 0.3) is 11.5 Å². The molecule has 0 aliphatic carbocycles. The normalized spacial score (nSPS) is 19.5. The molecule has 1 aliphatic heterocycles. The van der Waals surface area contributed by atoms with Gasteiger partial charge >= 0.3 is 0 Å². The number of nitrogens with zero attached hydrogens (tertiary/aromatic N) is 2. The predicted octanol–water partition coefficient (Wildman–Crippen LogP) is 1.86. The number of hydrogen-bond acceptors (Lipinski definition) is 5. The third kappa shape index (κ3) is 3.32. The van der Waals surface area contributed by atoms with E-state index in [1.54, 1.807) is 0 Å². The van der Waals surface area contributed by atoms with Crippen LogP contribution in [0.2, 0.25) is 0 Å². The molecule has 0 spiro atoms. The maximum absolute atomic E-state index is 5.56. The number of rotatable bonds is 2. The minimum atomic E-state index is 0. The van der Waals surface area contributed by atoms with Crippen molar-refractivity contribution in [1.29, 1.82) is 0 Å². The molecule has 1 atom stereocenters. The maximum atomic E-state index is 5.56. The first-order valence-electron chi connectivity index (χ1n) is 6.09. The van der Waals surface area contributed by atoms with E-state index < -0.39 is 0 Å². The van der Waals surface area contributed by atoms with Crippen LogP contribution in [0.4, 0.5) is 0 Å². The van der Waals surface area contributed by atoms with Crippen molar-refractivity contribution in [3.05, 3.63) is 36.2 Å². The molecule has 0 saturated carbocycles. The Morgan fingerprint density at radius 3 is 2.79 bits per heavy atom. The summed E-state index contributed by atoms with van der Waals surface area (Å²) in [5, 5.41) is 6.98. The van der Waals surface area contributed by atoms with Gasteiger partial charge in [-0.05, 0) is 17.7 Å². The van der Waals surface area contributed by atoms with E-state index in [4.69, 9.17) is 9.26 Å². The van der Waals surface area contributed by atoms with Crippen LogP contribution in [0.1, 0.15) is 11.5 Å². The van der Waals surface area contributed by atoms with Gasteiger partial charge in [-0.15, -0.1) is 12.4 Å². The SMILES string of the molecule is Cl.c1noc(-c2ccc(C3CNCCOC3)cc2)n1. The van der Waals surface area contributed by atoms with Crippen LogP contribution < -0.4 is 5.32 Å². The quantitative estimate of drug-likeness (QED) is 0.910. The smallest absolute Gasteiger partial charge is 0.257 e. The Balaban J connectivity index is 0.00000133. The summed E-state index contributed by atoms with van der Waals surface area (Å²) in [4.78, 5) is 4.03. The lowest BCUT2D eigenvalue weighted by molar-refractivity contribution is 0.141. The third-order valence-electron chi connectivity index (χ3n) is 3.12. The Morgan fingerprint density at radius 2 is 2.05 bits per heavy atom. The number of hydrogen-bond donors (Lipinski definition) is 1. The molecule has 1 N–H and O–H groups in total. The van der Waals surface area contributed by atoms with Crippen LogP contribution in [0.3, 0.4) is 0 Å². The molecule has 1 fully saturated rings. The summed E-state index contributed by atoms with van der Waals surface area (Å²) < 4.78 is 10.6. The van der Waals surface area contributed by atoms with Gasteiger partial charge in [0.15, 0.2) is 6.33 Å². The van der Waals surface area contributed by atoms with Gasteiger partial charge in [0.05, 0.1) is 13.2 Å². The minimum Gasteiger partial charge on any atom is -0.379 e. The molecule has 1 aromatic heterocycles. The van der Waals surface area contributed by atoms with Crippen molar-refractivity contribution < 1.29 is 9.26 Å². The highest BCUT2D eigenvalue weighted by Gasteiger charge is 2.14. The minimum absolute atomic E-state index is 0. The van der Waals surface area contributed by atoms with E-state index in [-0.39, 0.29) is 12.4 Å². The van der Waals surface area contributed by atoms with Gasteiger partial charge in [-0.25, -0.2) is 0 Å². The summed E-state index contributed by atoms with van der Waals surface area (Å²) in [6.07, 6.45) is 1.41. The topological polar surface area (TPSA) is 60.2 Å². The lowest BCUT2D eigenvalue weighted by atomic mass is 9.99. The van der Waals surface area contributed by atoms with Crippen molar-refractivity contribution >= 4 is 12.4 Å². The number of halogens is 1. The molecule has 2 aromatic rings. The standard InChI is InChI=1S/C13H15N3O2.ClH/c1-3-11(13-15-9-16-18-13)4-2-10(1)12-7-14-5-6-17-8-12;/h1-4,9,12,14H,5-8H2;1H. The molecule has 6 heteroatoms. The Kier molecular flexibility index (Phi) is 4.90. The number of benzene rings is 1. The summed E-state index contributed by atoms with van der Waals surface area (Å²) in [6, 6.07) is 8.21. The fraction of sp³-hybridized carbons (Fsp3) is 0.385. The van der Waals surface area contributed by atoms with Gasteiger partial charge in [0.25, 0.3) is 5.89 Å². The zero-order valence-corrected chi connectivity index (χ0v) is 11.2. The van der Waals surface area contributed by atoms with E-state index in [9.17, 15) is 0 Å². The van der Waals surface area contributed by atoms with Crippen molar-refractivity contribution in [3.63, 3.8) is 0 Å². The number of nitrogens with one attached hydrogen (secondary N) is 1. The third-order valence-corrected chi connectivity index (χ3v) is 3.12. The summed E-state index contributed by atoms with van der Waals surface area (Å²) in [7, 11) is 0. The summed E-state index contributed by atoms with van der Waals surface area (Å²) >= 11 is 0. The van der Waals surface area contributed by atoms with Crippen LogP contribution in [0.5, 0.6) is 0 Å². The first kappa shape index (κ1) is 14.0. The average molecular weight is 282 g/mol. The van der Waals surface area contributed by atoms with Gasteiger partial charge in [-0.1, -0.05) is 17.3 Å². The monoisotopic (exact) mass is 281 g/mol. The summed E-state index contributed by atoms with van der Waals surface area (Å²) in [5.74, 6) is 0.959. The number of ether oxygens (including phenoxy) is 1. The molecule has 1 saturated heterocycles. The van der Waals surface area contributed by atoms with Crippen molar-refractivity contribution in [2.24, 2.45) is 0 Å². The fourth-order valence-electron chi connectivity index (χ4n) is 2.12. The van der Waals surface area contributed by atoms with Gasteiger partial charge in [-0.2, -0.15) is 4.98 Å². The molecule has 19 heavy (non-hydrogen) atoms. The molecule has 3 rings (SSSR count). The molecule has 2 heterocycles. The van der Waals surface area contributed by atoms with E-state index in [1.165, 1.54) is 11.9 Å². The molecule has 1 aliphatic rings. The van der Waals surface area contributed by atoms with Crippen molar-refractivity contribution in [2.45, 2.75) is 5.92 Å². The van der Waals surface area contributed by atoms with Gasteiger partial charge in [0.1, 0.15) is 0 Å². The molecular formula is C13H16ClN3O2. The van der Waals surface area contributed by atoms with Crippen molar-refractivity contribution in [2.75, 3.05) is 26.3 Å².